The van der Waals surface area contributed by atoms with Gasteiger partial charge < -0.3 is 10.6 Å². The highest BCUT2D eigenvalue weighted by molar-refractivity contribution is 8.00. The average Bonchev–Trinajstić information content (AvgIpc) is 2.61. The summed E-state index contributed by atoms with van der Waals surface area (Å²) in [6.07, 6.45) is 1.17. The fourth-order valence-corrected chi connectivity index (χ4v) is 4.05. The monoisotopic (exact) mass is 412 g/mol. The van der Waals surface area contributed by atoms with Gasteiger partial charge in [-0.15, -0.1) is 11.8 Å². The maximum absolute atomic E-state index is 12.9. The molecular formula is C24H32N2O2S. The lowest BCUT2D eigenvalue weighted by molar-refractivity contribution is -0.118. The lowest BCUT2D eigenvalue weighted by Gasteiger charge is -2.19. The van der Waals surface area contributed by atoms with Crippen LogP contribution in [0.1, 0.15) is 51.7 Å². The Kier molecular flexibility index (Phi) is 7.91. The van der Waals surface area contributed by atoms with Crippen LogP contribution in [-0.2, 0) is 9.59 Å². The number of aryl methyl sites for hydroxylation is 2. The van der Waals surface area contributed by atoms with E-state index in [9.17, 15) is 9.59 Å². The van der Waals surface area contributed by atoms with Crippen molar-refractivity contribution in [3.05, 3.63) is 53.6 Å². The highest BCUT2D eigenvalue weighted by atomic mass is 32.2. The third kappa shape index (κ3) is 7.24. The van der Waals surface area contributed by atoms with Gasteiger partial charge in [-0.05, 0) is 55.0 Å². The average molecular weight is 413 g/mol. The van der Waals surface area contributed by atoms with Crippen LogP contribution >= 0.6 is 11.8 Å². The Bertz CT molecular complexity index is 851. The molecule has 0 heterocycles. The van der Waals surface area contributed by atoms with E-state index in [4.69, 9.17) is 0 Å². The molecule has 5 heteroatoms. The Labute approximate surface area is 178 Å². The molecule has 0 fully saturated rings. The summed E-state index contributed by atoms with van der Waals surface area (Å²) in [6.45, 7) is 12.1. The lowest BCUT2D eigenvalue weighted by atomic mass is 9.92. The van der Waals surface area contributed by atoms with Gasteiger partial charge in [-0.1, -0.05) is 52.0 Å². The zero-order valence-corrected chi connectivity index (χ0v) is 19.1. The molecule has 29 heavy (non-hydrogen) atoms. The maximum Gasteiger partial charge on any atom is 0.237 e. The van der Waals surface area contributed by atoms with Crippen LogP contribution in [-0.4, -0.2) is 17.1 Å². The number of benzene rings is 2. The first kappa shape index (κ1) is 23.0. The van der Waals surface area contributed by atoms with E-state index in [0.29, 0.717) is 12.8 Å². The zero-order chi connectivity index (χ0) is 21.6. The molecule has 0 saturated heterocycles. The van der Waals surface area contributed by atoms with Crippen molar-refractivity contribution in [2.24, 2.45) is 5.41 Å². The van der Waals surface area contributed by atoms with E-state index < -0.39 is 0 Å². The first-order chi connectivity index (χ1) is 13.6. The highest BCUT2D eigenvalue weighted by Gasteiger charge is 2.20. The maximum atomic E-state index is 12.9. The Morgan fingerprint density at radius 1 is 1.00 bits per heavy atom. The van der Waals surface area contributed by atoms with Gasteiger partial charge in [0.05, 0.1) is 5.25 Å². The van der Waals surface area contributed by atoms with Crippen LogP contribution in [0.3, 0.4) is 0 Å². The van der Waals surface area contributed by atoms with Crippen molar-refractivity contribution in [3.63, 3.8) is 0 Å². The molecule has 0 aliphatic carbocycles. The van der Waals surface area contributed by atoms with E-state index in [1.54, 1.807) is 0 Å². The summed E-state index contributed by atoms with van der Waals surface area (Å²) in [5.74, 6) is -0.00321. The second-order valence-electron chi connectivity index (χ2n) is 8.58. The Morgan fingerprint density at radius 3 is 2.21 bits per heavy atom. The normalized spacial score (nSPS) is 12.3. The van der Waals surface area contributed by atoms with Crippen LogP contribution in [0.15, 0.2) is 47.4 Å². The van der Waals surface area contributed by atoms with E-state index in [2.05, 4.69) is 10.6 Å². The SMILES string of the molecule is CCC(Sc1cccc(NC(=O)CC(C)(C)C)c1)C(=O)Nc1c(C)cccc1C. The van der Waals surface area contributed by atoms with Crippen LogP contribution in [0.4, 0.5) is 11.4 Å². The smallest absolute Gasteiger partial charge is 0.237 e. The van der Waals surface area contributed by atoms with Crippen molar-refractivity contribution in [1.82, 2.24) is 0 Å². The van der Waals surface area contributed by atoms with Gasteiger partial charge in [0, 0.05) is 22.7 Å². The lowest BCUT2D eigenvalue weighted by Crippen LogP contribution is -2.25. The van der Waals surface area contributed by atoms with Crippen LogP contribution in [0.5, 0.6) is 0 Å². The number of rotatable bonds is 7. The molecule has 1 unspecified atom stereocenters. The molecule has 2 N–H and O–H groups in total. The van der Waals surface area contributed by atoms with Crippen molar-refractivity contribution in [2.45, 2.75) is 64.5 Å². The molecule has 0 spiro atoms. The van der Waals surface area contributed by atoms with E-state index in [0.717, 1.165) is 27.4 Å². The van der Waals surface area contributed by atoms with Crippen molar-refractivity contribution in [3.8, 4) is 0 Å². The minimum Gasteiger partial charge on any atom is -0.326 e. The van der Waals surface area contributed by atoms with Crippen molar-refractivity contribution < 1.29 is 9.59 Å². The first-order valence-electron chi connectivity index (χ1n) is 10.0. The molecule has 4 nitrogen and oxygen atoms in total. The number of carbonyl (C=O) groups is 2. The van der Waals surface area contributed by atoms with Gasteiger partial charge in [0.25, 0.3) is 0 Å². The van der Waals surface area contributed by atoms with Gasteiger partial charge in [-0.3, -0.25) is 9.59 Å². The highest BCUT2D eigenvalue weighted by Crippen LogP contribution is 2.30. The molecule has 2 aromatic carbocycles. The summed E-state index contributed by atoms with van der Waals surface area (Å²) < 4.78 is 0. The molecule has 2 rings (SSSR count). The Morgan fingerprint density at radius 2 is 1.62 bits per heavy atom. The molecule has 0 aliphatic heterocycles. The molecule has 0 saturated carbocycles. The number of para-hydroxylation sites is 1. The van der Waals surface area contributed by atoms with E-state index >= 15 is 0 Å². The second-order valence-corrected chi connectivity index (χ2v) is 9.86. The number of hydrogen-bond acceptors (Lipinski definition) is 3. The molecule has 0 radical (unpaired) electrons. The summed E-state index contributed by atoms with van der Waals surface area (Å²) >= 11 is 1.52. The largest absolute Gasteiger partial charge is 0.326 e. The molecule has 0 bridgehead atoms. The molecule has 0 aliphatic rings. The van der Waals surface area contributed by atoms with Crippen molar-refractivity contribution in [1.29, 1.82) is 0 Å². The third-order valence-electron chi connectivity index (χ3n) is 4.48. The predicted octanol–water partition coefficient (Wildman–Crippen LogP) is 6.19. The molecule has 2 aromatic rings. The van der Waals surface area contributed by atoms with Gasteiger partial charge in [-0.25, -0.2) is 0 Å². The predicted molar refractivity (Wildman–Crippen MR) is 124 cm³/mol. The molecule has 1 atom stereocenters. The molecular weight excluding hydrogens is 380 g/mol. The van der Waals surface area contributed by atoms with Gasteiger partial charge in [-0.2, -0.15) is 0 Å². The topological polar surface area (TPSA) is 58.2 Å². The summed E-state index contributed by atoms with van der Waals surface area (Å²) in [7, 11) is 0. The molecule has 2 amide bonds. The van der Waals surface area contributed by atoms with Crippen LogP contribution in [0.25, 0.3) is 0 Å². The first-order valence-corrected chi connectivity index (χ1v) is 10.9. The summed E-state index contributed by atoms with van der Waals surface area (Å²) in [5.41, 5.74) is 3.70. The zero-order valence-electron chi connectivity index (χ0n) is 18.3. The minimum absolute atomic E-state index is 0.000498. The van der Waals surface area contributed by atoms with Crippen LogP contribution in [0, 0.1) is 19.3 Å². The third-order valence-corrected chi connectivity index (χ3v) is 5.84. The Hall–Kier alpha value is -2.27. The van der Waals surface area contributed by atoms with E-state index in [1.807, 2.05) is 84.0 Å². The number of anilines is 2. The van der Waals surface area contributed by atoms with E-state index in [1.165, 1.54) is 11.8 Å². The molecule has 0 aromatic heterocycles. The van der Waals surface area contributed by atoms with Crippen molar-refractivity contribution >= 4 is 35.0 Å². The number of amides is 2. The van der Waals surface area contributed by atoms with Gasteiger partial charge in [0.1, 0.15) is 0 Å². The van der Waals surface area contributed by atoms with E-state index in [-0.39, 0.29) is 22.5 Å². The summed E-state index contributed by atoms with van der Waals surface area (Å²) in [4.78, 5) is 26.0. The van der Waals surface area contributed by atoms with Crippen molar-refractivity contribution in [2.75, 3.05) is 10.6 Å². The fraction of sp³-hybridized carbons (Fsp3) is 0.417. The number of nitrogens with one attached hydrogen (secondary N) is 2. The second kappa shape index (κ2) is 9.97. The fourth-order valence-electron chi connectivity index (χ4n) is 3.04. The quantitative estimate of drug-likeness (QED) is 0.533. The van der Waals surface area contributed by atoms with Gasteiger partial charge in [0.2, 0.25) is 11.8 Å². The van der Waals surface area contributed by atoms with Crippen LogP contribution in [0.2, 0.25) is 0 Å². The minimum atomic E-state index is -0.213. The Balaban J connectivity index is 2.07. The summed E-state index contributed by atoms with van der Waals surface area (Å²) in [6, 6.07) is 13.7. The van der Waals surface area contributed by atoms with Crippen LogP contribution < -0.4 is 10.6 Å². The molecule has 156 valence electrons. The number of thioether (sulfide) groups is 1. The number of carbonyl (C=O) groups excluding carboxylic acids is 2. The standard InChI is InChI=1S/C24H32N2O2S/c1-7-20(23(28)26-22-16(2)10-8-11-17(22)3)29-19-13-9-12-18(14-19)25-21(27)15-24(4,5)6/h8-14,20H,7,15H2,1-6H3,(H,25,27)(H,26,28). The number of hydrogen-bond donors (Lipinski definition) is 2. The van der Waals surface area contributed by atoms with Gasteiger partial charge in [0.15, 0.2) is 0 Å². The van der Waals surface area contributed by atoms with Gasteiger partial charge >= 0.3 is 0 Å². The summed E-state index contributed by atoms with van der Waals surface area (Å²) in [5, 5.41) is 5.84.